The van der Waals surface area contributed by atoms with Gasteiger partial charge in [-0.3, -0.25) is 4.79 Å². The van der Waals surface area contributed by atoms with Crippen LogP contribution >= 0.6 is 0 Å². The molecular formula is C11H21F6N2O3S+. The quantitative estimate of drug-likeness (QED) is 0.593. The molecule has 12 heteroatoms. The summed E-state index contributed by atoms with van der Waals surface area (Å²) in [6.45, 7) is 14.2. The summed E-state index contributed by atoms with van der Waals surface area (Å²) in [6, 6.07) is 0. The Morgan fingerprint density at radius 2 is 1.17 bits per heavy atom. The van der Waals surface area contributed by atoms with Gasteiger partial charge in [0.05, 0.1) is 26.2 Å². The lowest BCUT2D eigenvalue weighted by Crippen LogP contribution is -2.47. The number of nitrogens with zero attached hydrogens (tertiary/aromatic N) is 1. The maximum absolute atomic E-state index is 11.4. The summed E-state index contributed by atoms with van der Waals surface area (Å²) in [7, 11) is -6.30. The number of carbonyl (C=O) groups is 1. The molecule has 140 valence electrons. The fourth-order valence-electron chi connectivity index (χ4n) is 1.58. The van der Waals surface area contributed by atoms with E-state index in [1.807, 2.05) is 0 Å². The predicted molar refractivity (Wildman–Crippen MR) is 71.6 cm³/mol. The Labute approximate surface area is 131 Å². The van der Waals surface area contributed by atoms with E-state index in [0.29, 0.717) is 0 Å². The largest absolute Gasteiger partial charge is 0.516 e. The van der Waals surface area contributed by atoms with E-state index in [0.717, 1.165) is 0 Å². The van der Waals surface area contributed by atoms with Crippen LogP contribution in [0.4, 0.5) is 26.3 Å². The topological polar surface area (TPSA) is 63.2 Å². The van der Waals surface area contributed by atoms with Gasteiger partial charge in [0, 0.05) is 0 Å². The number of carbonyl (C=O) groups excluding carboxylic acids is 1. The van der Waals surface area contributed by atoms with Crippen LogP contribution in [0.1, 0.15) is 27.7 Å². The van der Waals surface area contributed by atoms with Gasteiger partial charge in [-0.1, -0.05) is 0 Å². The van der Waals surface area contributed by atoms with E-state index in [4.69, 9.17) is 0 Å². The Bertz CT molecular complexity index is 452. The van der Waals surface area contributed by atoms with Crippen molar-refractivity contribution < 1.29 is 44.0 Å². The number of alkyl halides is 6. The first-order valence-corrected chi connectivity index (χ1v) is 8.16. The molecular weight excluding hydrogens is 354 g/mol. The highest BCUT2D eigenvalue weighted by atomic mass is 32.2. The predicted octanol–water partition coefficient (Wildman–Crippen LogP) is 2.40. The van der Waals surface area contributed by atoms with Crippen LogP contribution in [0.5, 0.6) is 0 Å². The molecule has 0 aliphatic rings. The van der Waals surface area contributed by atoms with Crippen LogP contribution in [0.15, 0.2) is 0 Å². The van der Waals surface area contributed by atoms with Gasteiger partial charge in [0.2, 0.25) is 0 Å². The molecule has 0 radical (unpaired) electrons. The highest BCUT2D eigenvalue weighted by molar-refractivity contribution is 7.90. The summed E-state index contributed by atoms with van der Waals surface area (Å²) in [6.07, 6.45) is -5.70. The molecule has 0 saturated carbocycles. The molecule has 1 N–H and O–H groups in total. The van der Waals surface area contributed by atoms with Gasteiger partial charge >= 0.3 is 27.6 Å². The molecule has 0 heterocycles. The van der Waals surface area contributed by atoms with Crippen LogP contribution in [-0.2, 0) is 14.8 Å². The molecule has 0 atom stereocenters. The third kappa shape index (κ3) is 7.86. The van der Waals surface area contributed by atoms with Crippen LogP contribution in [0, 0.1) is 0 Å². The summed E-state index contributed by atoms with van der Waals surface area (Å²) in [5.41, 5.74) is -5.96. The first kappa shape index (κ1) is 24.2. The maximum atomic E-state index is 11.4. The Hall–Kier alpha value is -1.04. The van der Waals surface area contributed by atoms with Crippen molar-refractivity contribution in [3.8, 4) is 0 Å². The number of halogens is 6. The van der Waals surface area contributed by atoms with E-state index < -0.39 is 27.6 Å². The summed E-state index contributed by atoms with van der Waals surface area (Å²) in [4.78, 5) is 9.81. The van der Waals surface area contributed by atoms with Gasteiger partial charge in [-0.25, -0.2) is 4.72 Å². The first-order valence-electron chi connectivity index (χ1n) is 6.67. The average Bonchev–Trinajstić information content (AvgIpc) is 2.40. The van der Waals surface area contributed by atoms with Crippen LogP contribution < -0.4 is 4.72 Å². The zero-order valence-electron chi connectivity index (χ0n) is 13.2. The number of rotatable bonds is 5. The molecule has 0 rings (SSSR count). The fourth-order valence-corrected chi connectivity index (χ4v) is 2.05. The molecule has 0 saturated heterocycles. The summed E-state index contributed by atoms with van der Waals surface area (Å²) >= 11 is 0. The molecule has 0 unspecified atom stereocenters. The fraction of sp³-hybridized carbons (Fsp3) is 0.909. The van der Waals surface area contributed by atoms with Crippen molar-refractivity contribution in [1.82, 2.24) is 4.72 Å². The molecule has 1 amide bonds. The van der Waals surface area contributed by atoms with Crippen molar-refractivity contribution in [3.05, 3.63) is 0 Å². The lowest BCUT2D eigenvalue weighted by Gasteiger charge is -2.34. The number of hydrogen-bond acceptors (Lipinski definition) is 3. The number of amides is 1. The van der Waals surface area contributed by atoms with Gasteiger partial charge in [0.15, 0.2) is 0 Å². The second-order valence-corrected chi connectivity index (χ2v) is 6.16. The van der Waals surface area contributed by atoms with Crippen molar-refractivity contribution in [2.75, 3.05) is 26.2 Å². The molecule has 0 aromatic carbocycles. The van der Waals surface area contributed by atoms with Crippen LogP contribution in [0.2, 0.25) is 0 Å². The molecule has 0 aliphatic carbocycles. The van der Waals surface area contributed by atoms with Crippen molar-refractivity contribution in [2.45, 2.75) is 39.4 Å². The molecule has 23 heavy (non-hydrogen) atoms. The highest BCUT2D eigenvalue weighted by Crippen LogP contribution is 2.23. The minimum absolute atomic E-state index is 0.181. The minimum atomic E-state index is -6.30. The van der Waals surface area contributed by atoms with Crippen molar-refractivity contribution >= 4 is 15.9 Å². The monoisotopic (exact) mass is 375 g/mol. The third-order valence-electron chi connectivity index (χ3n) is 3.47. The van der Waals surface area contributed by atoms with Crippen molar-refractivity contribution in [3.63, 3.8) is 0 Å². The van der Waals surface area contributed by atoms with Crippen molar-refractivity contribution in [2.24, 2.45) is 0 Å². The Morgan fingerprint density at radius 3 is 1.30 bits per heavy atom. The molecule has 0 fully saturated rings. The molecule has 0 aromatic rings. The number of hydrogen-bond donors (Lipinski definition) is 1. The maximum Gasteiger partial charge on any atom is 0.516 e. The summed E-state index contributed by atoms with van der Waals surface area (Å²) in [5, 5.41) is 0. The molecule has 0 spiro atoms. The molecule has 0 bridgehead atoms. The van der Waals surface area contributed by atoms with E-state index in [1.165, 1.54) is 30.7 Å². The summed E-state index contributed by atoms with van der Waals surface area (Å²) < 4.78 is 89.2. The lowest BCUT2D eigenvalue weighted by atomic mass is 10.3. The minimum Gasteiger partial charge on any atom is -0.325 e. The van der Waals surface area contributed by atoms with Gasteiger partial charge in [0.1, 0.15) is 0 Å². The Balaban J connectivity index is 0. The lowest BCUT2D eigenvalue weighted by molar-refractivity contribution is -0.921. The smallest absolute Gasteiger partial charge is 0.325 e. The first-order chi connectivity index (χ1) is 10.1. The zero-order valence-corrected chi connectivity index (χ0v) is 14.0. The SMILES string of the molecule is CC[N+](CC)(CC)CC.O=C(NS(=O)(=O)C(F)(F)F)C(F)(F)F. The average molecular weight is 375 g/mol. The van der Waals surface area contributed by atoms with Crippen LogP contribution in [0.3, 0.4) is 0 Å². The van der Waals surface area contributed by atoms with E-state index >= 15 is 0 Å². The van der Waals surface area contributed by atoms with Gasteiger partial charge in [-0.15, -0.1) is 0 Å². The number of sulfonamides is 1. The highest BCUT2D eigenvalue weighted by Gasteiger charge is 2.51. The molecule has 0 aliphatic heterocycles. The van der Waals surface area contributed by atoms with Gasteiger partial charge < -0.3 is 4.48 Å². The standard InChI is InChI=1S/C8H20N.C3HF6NO3S/c1-5-9(6-2,7-3)8-4;4-2(5,6)1(11)10-14(12,13)3(7,8)9/h5-8H2,1-4H3;(H,10,11)/q+1;. The van der Waals surface area contributed by atoms with E-state index in [-0.39, 0.29) is 4.72 Å². The van der Waals surface area contributed by atoms with Gasteiger partial charge in [-0.05, 0) is 27.7 Å². The number of quaternary nitrogens is 1. The summed E-state index contributed by atoms with van der Waals surface area (Å²) in [5.74, 6) is -3.20. The van der Waals surface area contributed by atoms with E-state index in [2.05, 4.69) is 27.7 Å². The van der Waals surface area contributed by atoms with Gasteiger partial charge in [-0.2, -0.15) is 34.8 Å². The second-order valence-electron chi connectivity index (χ2n) is 4.48. The zero-order chi connectivity index (χ0) is 19.1. The normalized spacial score (nSPS) is 13.1. The van der Waals surface area contributed by atoms with Crippen LogP contribution in [-0.4, -0.2) is 56.7 Å². The Morgan fingerprint density at radius 1 is 0.870 bits per heavy atom. The van der Waals surface area contributed by atoms with Crippen LogP contribution in [0.25, 0.3) is 0 Å². The third-order valence-corrected chi connectivity index (χ3v) is 4.54. The second kappa shape index (κ2) is 8.71. The van der Waals surface area contributed by atoms with Gasteiger partial charge in [0.25, 0.3) is 0 Å². The van der Waals surface area contributed by atoms with Crippen molar-refractivity contribution in [1.29, 1.82) is 0 Å². The van der Waals surface area contributed by atoms with E-state index in [1.54, 1.807) is 0 Å². The molecule has 0 aromatic heterocycles. The Kier molecular flexibility index (Phi) is 9.17. The number of nitrogens with one attached hydrogen (secondary N) is 1. The molecule has 5 nitrogen and oxygen atoms in total. The van der Waals surface area contributed by atoms with E-state index in [9.17, 15) is 39.6 Å².